The molecule has 0 bridgehead atoms. The molecule has 7 heteroatoms. The fourth-order valence-electron chi connectivity index (χ4n) is 2.90. The SMILES string of the molecule is CCOC(=O)c1ccc(NC(=O)[C@@H]2CC(=O)N(c3ccc(Br)cc3)C2)cc1. The first-order chi connectivity index (χ1) is 13.0. The zero-order valence-corrected chi connectivity index (χ0v) is 16.4. The molecular formula is C20H19BrN2O4. The first-order valence-electron chi connectivity index (χ1n) is 8.62. The molecule has 1 atom stereocenters. The van der Waals surface area contributed by atoms with Crippen LogP contribution in [0.3, 0.4) is 0 Å². The predicted octanol–water partition coefficient (Wildman–Crippen LogP) is 3.62. The predicted molar refractivity (Wildman–Crippen MR) is 106 cm³/mol. The molecule has 0 saturated carbocycles. The topological polar surface area (TPSA) is 75.7 Å². The molecule has 1 aliphatic rings. The number of halogens is 1. The Labute approximate surface area is 165 Å². The van der Waals surface area contributed by atoms with Crippen molar-refractivity contribution in [2.75, 3.05) is 23.4 Å². The van der Waals surface area contributed by atoms with Crippen LogP contribution in [-0.2, 0) is 14.3 Å². The van der Waals surface area contributed by atoms with Crippen LogP contribution in [0.1, 0.15) is 23.7 Å². The molecular weight excluding hydrogens is 412 g/mol. The Morgan fingerprint density at radius 3 is 2.44 bits per heavy atom. The lowest BCUT2D eigenvalue weighted by molar-refractivity contribution is -0.122. The van der Waals surface area contributed by atoms with Crippen molar-refractivity contribution >= 4 is 45.1 Å². The Bertz CT molecular complexity index is 849. The third kappa shape index (κ3) is 4.54. The lowest BCUT2D eigenvalue weighted by atomic mass is 10.1. The normalized spacial score (nSPS) is 16.3. The fourth-order valence-corrected chi connectivity index (χ4v) is 3.17. The number of anilines is 2. The summed E-state index contributed by atoms with van der Waals surface area (Å²) in [4.78, 5) is 38.1. The van der Waals surface area contributed by atoms with E-state index in [0.29, 0.717) is 24.4 Å². The van der Waals surface area contributed by atoms with E-state index in [2.05, 4.69) is 21.2 Å². The molecule has 1 heterocycles. The van der Waals surface area contributed by atoms with Gasteiger partial charge in [-0.05, 0) is 55.5 Å². The van der Waals surface area contributed by atoms with Gasteiger partial charge in [-0.15, -0.1) is 0 Å². The van der Waals surface area contributed by atoms with Crippen LogP contribution >= 0.6 is 15.9 Å². The second-order valence-electron chi connectivity index (χ2n) is 6.17. The van der Waals surface area contributed by atoms with Crippen LogP contribution in [0.25, 0.3) is 0 Å². The van der Waals surface area contributed by atoms with E-state index in [1.54, 1.807) is 36.1 Å². The lowest BCUT2D eigenvalue weighted by Gasteiger charge is -2.17. The fraction of sp³-hybridized carbons (Fsp3) is 0.250. The highest BCUT2D eigenvalue weighted by atomic mass is 79.9. The molecule has 1 saturated heterocycles. The van der Waals surface area contributed by atoms with Gasteiger partial charge in [0.15, 0.2) is 0 Å². The minimum absolute atomic E-state index is 0.0740. The molecule has 0 radical (unpaired) electrons. The highest BCUT2D eigenvalue weighted by Gasteiger charge is 2.35. The second-order valence-corrected chi connectivity index (χ2v) is 7.08. The van der Waals surface area contributed by atoms with Gasteiger partial charge < -0.3 is 15.0 Å². The van der Waals surface area contributed by atoms with Gasteiger partial charge in [0.2, 0.25) is 11.8 Å². The van der Waals surface area contributed by atoms with Crippen molar-refractivity contribution in [3.63, 3.8) is 0 Å². The van der Waals surface area contributed by atoms with Gasteiger partial charge in [-0.25, -0.2) is 4.79 Å². The van der Waals surface area contributed by atoms with E-state index < -0.39 is 11.9 Å². The minimum Gasteiger partial charge on any atom is -0.462 e. The number of nitrogens with zero attached hydrogens (tertiary/aromatic N) is 1. The Hall–Kier alpha value is -2.67. The van der Waals surface area contributed by atoms with Crippen LogP contribution in [0, 0.1) is 5.92 Å². The Kier molecular flexibility index (Phi) is 5.91. The Balaban J connectivity index is 1.62. The number of carbonyl (C=O) groups is 3. The maximum absolute atomic E-state index is 12.5. The highest BCUT2D eigenvalue weighted by Crippen LogP contribution is 2.27. The van der Waals surface area contributed by atoms with Crippen molar-refractivity contribution in [2.45, 2.75) is 13.3 Å². The number of carbonyl (C=O) groups excluding carboxylic acids is 3. The van der Waals surface area contributed by atoms with Gasteiger partial charge >= 0.3 is 5.97 Å². The van der Waals surface area contributed by atoms with Crippen LogP contribution in [0.5, 0.6) is 0 Å². The average molecular weight is 431 g/mol. The van der Waals surface area contributed by atoms with Gasteiger partial charge in [0.05, 0.1) is 18.1 Å². The summed E-state index contributed by atoms with van der Waals surface area (Å²) in [6.45, 7) is 2.39. The molecule has 0 unspecified atom stereocenters. The summed E-state index contributed by atoms with van der Waals surface area (Å²) in [5.41, 5.74) is 1.77. The average Bonchev–Trinajstić information content (AvgIpc) is 3.05. The largest absolute Gasteiger partial charge is 0.462 e. The number of rotatable bonds is 5. The zero-order valence-electron chi connectivity index (χ0n) is 14.8. The number of hydrogen-bond donors (Lipinski definition) is 1. The van der Waals surface area contributed by atoms with E-state index in [0.717, 1.165) is 10.2 Å². The monoisotopic (exact) mass is 430 g/mol. The summed E-state index contributed by atoms with van der Waals surface area (Å²) in [6.07, 6.45) is 0.169. The molecule has 27 heavy (non-hydrogen) atoms. The first kappa shape index (κ1) is 19.1. The number of ether oxygens (including phenoxy) is 1. The molecule has 0 aliphatic carbocycles. The molecule has 2 aromatic carbocycles. The number of benzene rings is 2. The zero-order chi connectivity index (χ0) is 19.4. The van der Waals surface area contributed by atoms with Crippen molar-refractivity contribution in [1.82, 2.24) is 0 Å². The van der Waals surface area contributed by atoms with Crippen LogP contribution < -0.4 is 10.2 Å². The van der Waals surface area contributed by atoms with Crippen molar-refractivity contribution < 1.29 is 19.1 Å². The van der Waals surface area contributed by atoms with Gasteiger partial charge in [-0.3, -0.25) is 9.59 Å². The molecule has 0 aromatic heterocycles. The quantitative estimate of drug-likeness (QED) is 0.734. The standard InChI is InChI=1S/C20H19BrN2O4/c1-2-27-20(26)13-3-7-16(8-4-13)22-19(25)14-11-18(24)23(12-14)17-9-5-15(21)6-10-17/h3-10,14H,2,11-12H2,1H3,(H,22,25)/t14-/m1/s1. The number of nitrogens with one attached hydrogen (secondary N) is 1. The molecule has 6 nitrogen and oxygen atoms in total. The first-order valence-corrected chi connectivity index (χ1v) is 9.41. The maximum Gasteiger partial charge on any atom is 0.338 e. The van der Waals surface area contributed by atoms with Crippen LogP contribution in [0.4, 0.5) is 11.4 Å². The molecule has 1 fully saturated rings. The summed E-state index contributed by atoms with van der Waals surface area (Å²) in [5.74, 6) is -1.12. The van der Waals surface area contributed by atoms with Gasteiger partial charge in [-0.2, -0.15) is 0 Å². The van der Waals surface area contributed by atoms with Gasteiger partial charge in [0, 0.05) is 28.8 Å². The van der Waals surface area contributed by atoms with Gasteiger partial charge in [0.1, 0.15) is 0 Å². The molecule has 2 amide bonds. The van der Waals surface area contributed by atoms with E-state index in [-0.39, 0.29) is 18.2 Å². The number of hydrogen-bond acceptors (Lipinski definition) is 4. The maximum atomic E-state index is 12.5. The molecule has 3 rings (SSSR count). The van der Waals surface area contributed by atoms with Crippen molar-refractivity contribution in [2.24, 2.45) is 5.92 Å². The van der Waals surface area contributed by atoms with E-state index in [9.17, 15) is 14.4 Å². The Morgan fingerprint density at radius 1 is 1.15 bits per heavy atom. The molecule has 1 aliphatic heterocycles. The molecule has 140 valence electrons. The van der Waals surface area contributed by atoms with Crippen LogP contribution in [0.2, 0.25) is 0 Å². The third-order valence-corrected chi connectivity index (χ3v) is 4.83. The van der Waals surface area contributed by atoms with Gasteiger partial charge in [0.25, 0.3) is 0 Å². The molecule has 2 aromatic rings. The van der Waals surface area contributed by atoms with E-state index >= 15 is 0 Å². The summed E-state index contributed by atoms with van der Waals surface area (Å²) in [6, 6.07) is 13.9. The number of amides is 2. The van der Waals surface area contributed by atoms with Crippen molar-refractivity contribution in [3.8, 4) is 0 Å². The summed E-state index contributed by atoms with van der Waals surface area (Å²) in [7, 11) is 0. The minimum atomic E-state index is -0.425. The van der Waals surface area contributed by atoms with Crippen LogP contribution in [0.15, 0.2) is 53.0 Å². The van der Waals surface area contributed by atoms with Crippen molar-refractivity contribution in [3.05, 3.63) is 58.6 Å². The Morgan fingerprint density at radius 2 is 1.81 bits per heavy atom. The third-order valence-electron chi connectivity index (χ3n) is 4.30. The van der Waals surface area contributed by atoms with E-state index in [1.165, 1.54) is 0 Å². The smallest absolute Gasteiger partial charge is 0.338 e. The van der Waals surface area contributed by atoms with Gasteiger partial charge in [-0.1, -0.05) is 15.9 Å². The molecule has 1 N–H and O–H groups in total. The van der Waals surface area contributed by atoms with E-state index in [4.69, 9.17) is 4.74 Å². The van der Waals surface area contributed by atoms with E-state index in [1.807, 2.05) is 24.3 Å². The lowest BCUT2D eigenvalue weighted by Crippen LogP contribution is -2.28. The summed E-state index contributed by atoms with van der Waals surface area (Å²) in [5, 5.41) is 2.81. The summed E-state index contributed by atoms with van der Waals surface area (Å²) >= 11 is 3.37. The summed E-state index contributed by atoms with van der Waals surface area (Å²) < 4.78 is 5.86. The van der Waals surface area contributed by atoms with Crippen LogP contribution in [-0.4, -0.2) is 30.9 Å². The number of esters is 1. The second kappa shape index (κ2) is 8.35. The molecule has 0 spiro atoms. The van der Waals surface area contributed by atoms with Crippen molar-refractivity contribution in [1.29, 1.82) is 0 Å². The highest BCUT2D eigenvalue weighted by molar-refractivity contribution is 9.10.